The van der Waals surface area contributed by atoms with Gasteiger partial charge in [0.1, 0.15) is 0 Å². The quantitative estimate of drug-likeness (QED) is 0.844. The van der Waals surface area contributed by atoms with Crippen molar-refractivity contribution in [3.05, 3.63) is 36.0 Å². The number of aromatic nitrogens is 3. The molecular weight excluding hydrogens is 250 g/mol. The van der Waals surface area contributed by atoms with E-state index in [1.165, 1.54) is 5.56 Å². The van der Waals surface area contributed by atoms with Gasteiger partial charge in [-0.25, -0.2) is 0 Å². The van der Waals surface area contributed by atoms with Crippen LogP contribution in [0.5, 0.6) is 0 Å². The molecule has 0 atom stereocenters. The molecule has 5 nitrogen and oxygen atoms in total. The highest BCUT2D eigenvalue weighted by Gasteiger charge is 2.04. The van der Waals surface area contributed by atoms with E-state index in [9.17, 15) is 0 Å². The van der Waals surface area contributed by atoms with Crippen LogP contribution in [0, 0.1) is 5.92 Å². The van der Waals surface area contributed by atoms with Crippen molar-refractivity contribution in [1.82, 2.24) is 15.2 Å². The van der Waals surface area contributed by atoms with Gasteiger partial charge in [-0.15, -0.1) is 5.10 Å². The lowest BCUT2D eigenvalue weighted by Crippen LogP contribution is -2.12. The summed E-state index contributed by atoms with van der Waals surface area (Å²) in [6.07, 6.45) is 2.60. The van der Waals surface area contributed by atoms with Crippen molar-refractivity contribution in [2.75, 3.05) is 17.2 Å². The zero-order chi connectivity index (χ0) is 14.4. The fourth-order valence-corrected chi connectivity index (χ4v) is 1.82. The van der Waals surface area contributed by atoms with E-state index in [0.717, 1.165) is 18.7 Å². The van der Waals surface area contributed by atoms with E-state index in [4.69, 9.17) is 0 Å². The van der Waals surface area contributed by atoms with Crippen LogP contribution in [-0.2, 0) is 6.42 Å². The van der Waals surface area contributed by atoms with Gasteiger partial charge >= 0.3 is 0 Å². The summed E-state index contributed by atoms with van der Waals surface area (Å²) in [4.78, 5) is 4.42. The number of hydrogen-bond acceptors (Lipinski definition) is 5. The minimum Gasteiger partial charge on any atom is -0.353 e. The van der Waals surface area contributed by atoms with Gasteiger partial charge in [0.2, 0.25) is 5.95 Å². The maximum Gasteiger partial charge on any atom is 0.244 e. The van der Waals surface area contributed by atoms with Crippen molar-refractivity contribution in [3.8, 4) is 0 Å². The van der Waals surface area contributed by atoms with Gasteiger partial charge in [0, 0.05) is 12.2 Å². The summed E-state index contributed by atoms with van der Waals surface area (Å²) < 4.78 is 0. The Bertz CT molecular complexity index is 553. The SMILES string of the molecule is CCc1ccccc1Nc1cnnc(NCC(C)C)n1. The first-order valence-electron chi connectivity index (χ1n) is 6.97. The first-order valence-corrected chi connectivity index (χ1v) is 6.97. The summed E-state index contributed by atoms with van der Waals surface area (Å²) in [5.74, 6) is 1.79. The molecule has 0 aliphatic heterocycles. The average molecular weight is 271 g/mol. The third-order valence-electron chi connectivity index (χ3n) is 2.89. The Balaban J connectivity index is 2.11. The van der Waals surface area contributed by atoms with Crippen LogP contribution in [-0.4, -0.2) is 21.7 Å². The van der Waals surface area contributed by atoms with E-state index in [-0.39, 0.29) is 0 Å². The molecule has 20 heavy (non-hydrogen) atoms. The van der Waals surface area contributed by atoms with Crippen LogP contribution in [0.15, 0.2) is 30.5 Å². The highest BCUT2D eigenvalue weighted by Crippen LogP contribution is 2.19. The van der Waals surface area contributed by atoms with E-state index < -0.39 is 0 Å². The fourth-order valence-electron chi connectivity index (χ4n) is 1.82. The predicted molar refractivity (Wildman–Crippen MR) is 82.3 cm³/mol. The van der Waals surface area contributed by atoms with Gasteiger partial charge in [-0.05, 0) is 24.0 Å². The lowest BCUT2D eigenvalue weighted by atomic mass is 10.1. The second kappa shape index (κ2) is 6.84. The minimum absolute atomic E-state index is 0.538. The molecule has 1 heterocycles. The molecule has 5 heteroatoms. The first-order chi connectivity index (χ1) is 9.69. The van der Waals surface area contributed by atoms with Crippen molar-refractivity contribution in [2.45, 2.75) is 27.2 Å². The molecule has 1 aromatic heterocycles. The van der Waals surface area contributed by atoms with Gasteiger partial charge in [-0.3, -0.25) is 0 Å². The van der Waals surface area contributed by atoms with Crippen LogP contribution in [0.3, 0.4) is 0 Å². The number of hydrogen-bond donors (Lipinski definition) is 2. The van der Waals surface area contributed by atoms with Gasteiger partial charge in [-0.1, -0.05) is 39.0 Å². The highest BCUT2D eigenvalue weighted by atomic mass is 15.3. The molecule has 1 aromatic carbocycles. The Morgan fingerprint density at radius 2 is 2.00 bits per heavy atom. The number of nitrogens with zero attached hydrogens (tertiary/aromatic N) is 3. The minimum atomic E-state index is 0.538. The standard InChI is InChI=1S/C15H21N5/c1-4-12-7-5-6-8-13(12)18-14-10-17-20-15(19-14)16-9-11(2)3/h5-8,10-11H,4,9H2,1-3H3,(H2,16,18,19,20). The lowest BCUT2D eigenvalue weighted by molar-refractivity contribution is 0.682. The van der Waals surface area contributed by atoms with Crippen LogP contribution in [0.25, 0.3) is 0 Å². The van der Waals surface area contributed by atoms with Crippen LogP contribution < -0.4 is 10.6 Å². The molecule has 0 fully saturated rings. The number of nitrogens with one attached hydrogen (secondary N) is 2. The summed E-state index contributed by atoms with van der Waals surface area (Å²) in [5.41, 5.74) is 2.31. The third-order valence-corrected chi connectivity index (χ3v) is 2.89. The topological polar surface area (TPSA) is 62.7 Å². The molecule has 0 spiro atoms. The summed E-state index contributed by atoms with van der Waals surface area (Å²) in [7, 11) is 0. The molecule has 0 aliphatic carbocycles. The van der Waals surface area contributed by atoms with Gasteiger partial charge in [0.05, 0.1) is 6.20 Å². The Morgan fingerprint density at radius 1 is 1.20 bits per heavy atom. The monoisotopic (exact) mass is 271 g/mol. The van der Waals surface area contributed by atoms with Crippen molar-refractivity contribution < 1.29 is 0 Å². The summed E-state index contributed by atoms with van der Waals surface area (Å²) in [6, 6.07) is 8.20. The van der Waals surface area contributed by atoms with Crippen molar-refractivity contribution in [3.63, 3.8) is 0 Å². The number of aryl methyl sites for hydroxylation is 1. The molecule has 2 N–H and O–H groups in total. The smallest absolute Gasteiger partial charge is 0.244 e. The molecule has 2 aromatic rings. The number of anilines is 3. The Hall–Kier alpha value is -2.17. The lowest BCUT2D eigenvalue weighted by Gasteiger charge is -2.11. The molecule has 0 unspecified atom stereocenters. The zero-order valence-corrected chi connectivity index (χ0v) is 12.2. The summed E-state index contributed by atoms with van der Waals surface area (Å²) in [6.45, 7) is 7.24. The van der Waals surface area contributed by atoms with Gasteiger partial charge in [-0.2, -0.15) is 10.1 Å². The number of rotatable bonds is 6. The molecule has 0 saturated heterocycles. The molecule has 2 rings (SSSR count). The zero-order valence-electron chi connectivity index (χ0n) is 12.2. The van der Waals surface area contributed by atoms with E-state index in [2.05, 4.69) is 52.7 Å². The van der Waals surface area contributed by atoms with Gasteiger partial charge in [0.25, 0.3) is 0 Å². The number of para-hydroxylation sites is 1. The van der Waals surface area contributed by atoms with E-state index in [0.29, 0.717) is 17.7 Å². The van der Waals surface area contributed by atoms with Crippen molar-refractivity contribution >= 4 is 17.5 Å². The maximum atomic E-state index is 4.42. The average Bonchev–Trinajstić information content (AvgIpc) is 2.46. The maximum absolute atomic E-state index is 4.42. The van der Waals surface area contributed by atoms with E-state index in [1.807, 2.05) is 18.2 Å². The van der Waals surface area contributed by atoms with E-state index in [1.54, 1.807) is 6.20 Å². The van der Waals surface area contributed by atoms with Crippen molar-refractivity contribution in [2.24, 2.45) is 5.92 Å². The van der Waals surface area contributed by atoms with Gasteiger partial charge in [0.15, 0.2) is 5.82 Å². The van der Waals surface area contributed by atoms with Crippen LogP contribution >= 0.6 is 0 Å². The predicted octanol–water partition coefficient (Wildman–Crippen LogP) is 3.25. The molecule has 106 valence electrons. The second-order valence-corrected chi connectivity index (χ2v) is 5.08. The van der Waals surface area contributed by atoms with E-state index >= 15 is 0 Å². The Morgan fingerprint density at radius 3 is 2.75 bits per heavy atom. The van der Waals surface area contributed by atoms with Gasteiger partial charge < -0.3 is 10.6 Å². The number of benzene rings is 1. The Kier molecular flexibility index (Phi) is 4.87. The van der Waals surface area contributed by atoms with Crippen molar-refractivity contribution in [1.29, 1.82) is 0 Å². The highest BCUT2D eigenvalue weighted by molar-refractivity contribution is 5.60. The second-order valence-electron chi connectivity index (χ2n) is 5.08. The van der Waals surface area contributed by atoms with Crippen LogP contribution in [0.4, 0.5) is 17.5 Å². The largest absolute Gasteiger partial charge is 0.353 e. The van der Waals surface area contributed by atoms with Crippen LogP contribution in [0.1, 0.15) is 26.3 Å². The molecule has 0 aliphatic rings. The first kappa shape index (κ1) is 14.2. The molecule has 0 amide bonds. The van der Waals surface area contributed by atoms with Crippen LogP contribution in [0.2, 0.25) is 0 Å². The molecule has 0 bridgehead atoms. The molecular formula is C15H21N5. The third kappa shape index (κ3) is 3.91. The molecule has 0 radical (unpaired) electrons. The summed E-state index contributed by atoms with van der Waals surface area (Å²) >= 11 is 0. The normalized spacial score (nSPS) is 10.6. The molecule has 0 saturated carbocycles. The fraction of sp³-hybridized carbons (Fsp3) is 0.400. The summed E-state index contributed by atoms with van der Waals surface area (Å²) in [5, 5.41) is 14.4. The Labute approximate surface area is 119 Å².